The predicted octanol–water partition coefficient (Wildman–Crippen LogP) is 4.34. The number of hydrogen-bond donors (Lipinski definition) is 0. The van der Waals surface area contributed by atoms with Gasteiger partial charge in [-0.3, -0.25) is 9.59 Å². The van der Waals surface area contributed by atoms with Gasteiger partial charge in [0.2, 0.25) is 0 Å². The number of amides is 2. The Bertz CT molecular complexity index is 957. The van der Waals surface area contributed by atoms with Crippen molar-refractivity contribution in [3.63, 3.8) is 0 Å². The Morgan fingerprint density at radius 3 is 2.19 bits per heavy atom. The van der Waals surface area contributed by atoms with Gasteiger partial charge in [0.15, 0.2) is 0 Å². The van der Waals surface area contributed by atoms with Gasteiger partial charge in [0.25, 0.3) is 11.8 Å². The van der Waals surface area contributed by atoms with Crippen molar-refractivity contribution in [2.75, 3.05) is 18.0 Å². The van der Waals surface area contributed by atoms with E-state index in [1.807, 2.05) is 49.1 Å². The molecule has 2 aromatic carbocycles. The average Bonchev–Trinajstić information content (AvgIpc) is 3.23. The first kappa shape index (κ1) is 17.8. The molecular formula is C22H21ClN2O2. The van der Waals surface area contributed by atoms with Crippen molar-refractivity contribution < 1.29 is 9.59 Å². The van der Waals surface area contributed by atoms with Gasteiger partial charge in [0.05, 0.1) is 11.3 Å². The lowest BCUT2D eigenvalue weighted by Gasteiger charge is -2.21. The summed E-state index contributed by atoms with van der Waals surface area (Å²) in [6.07, 6.45) is 2.06. The molecule has 0 aromatic heterocycles. The second kappa shape index (κ2) is 6.86. The van der Waals surface area contributed by atoms with Gasteiger partial charge in [0, 0.05) is 18.1 Å². The molecule has 0 saturated carbocycles. The molecule has 4 rings (SSSR count). The maximum absolute atomic E-state index is 13.4. The van der Waals surface area contributed by atoms with Crippen molar-refractivity contribution >= 4 is 34.7 Å². The third-order valence-corrected chi connectivity index (χ3v) is 5.46. The van der Waals surface area contributed by atoms with Gasteiger partial charge in [-0.2, -0.15) is 0 Å². The minimum absolute atomic E-state index is 0.237. The molecule has 4 nitrogen and oxygen atoms in total. The first-order valence-electron chi connectivity index (χ1n) is 9.18. The molecule has 0 spiro atoms. The van der Waals surface area contributed by atoms with Gasteiger partial charge in [-0.1, -0.05) is 41.4 Å². The standard InChI is InChI=1S/C22H21ClN2O2/c1-14-5-10-18(15(2)13-14)25-21(26)19(16-6-8-17(23)9-7-16)20(22(25)27)24-11-3-4-12-24/h5-10,13H,3-4,11-12H2,1-2H3. The van der Waals surface area contributed by atoms with Crippen LogP contribution in [0.15, 0.2) is 48.2 Å². The van der Waals surface area contributed by atoms with Crippen molar-refractivity contribution in [1.82, 2.24) is 4.90 Å². The number of likely N-dealkylation sites (tertiary alicyclic amines) is 1. The van der Waals surface area contributed by atoms with Crippen molar-refractivity contribution in [2.24, 2.45) is 0 Å². The highest BCUT2D eigenvalue weighted by Crippen LogP contribution is 2.37. The zero-order valence-electron chi connectivity index (χ0n) is 15.5. The Labute approximate surface area is 164 Å². The fourth-order valence-corrected chi connectivity index (χ4v) is 4.03. The minimum atomic E-state index is -0.267. The number of imide groups is 1. The van der Waals surface area contributed by atoms with Crippen LogP contribution in [-0.4, -0.2) is 29.8 Å². The van der Waals surface area contributed by atoms with E-state index in [1.165, 1.54) is 4.90 Å². The van der Waals surface area contributed by atoms with Gasteiger partial charge in [-0.25, -0.2) is 4.90 Å². The van der Waals surface area contributed by atoms with Crippen LogP contribution in [-0.2, 0) is 9.59 Å². The van der Waals surface area contributed by atoms with Crippen LogP contribution in [0.2, 0.25) is 5.02 Å². The number of carbonyl (C=O) groups is 2. The van der Waals surface area contributed by atoms with Crippen LogP contribution in [0.4, 0.5) is 5.69 Å². The van der Waals surface area contributed by atoms with E-state index in [2.05, 4.69) is 0 Å². The van der Waals surface area contributed by atoms with E-state index < -0.39 is 0 Å². The van der Waals surface area contributed by atoms with E-state index in [0.29, 0.717) is 22.0 Å². The molecule has 0 atom stereocenters. The zero-order valence-corrected chi connectivity index (χ0v) is 16.2. The van der Waals surface area contributed by atoms with E-state index in [4.69, 9.17) is 11.6 Å². The summed E-state index contributed by atoms with van der Waals surface area (Å²) in [5.74, 6) is -0.505. The average molecular weight is 381 g/mol. The molecule has 1 fully saturated rings. The smallest absolute Gasteiger partial charge is 0.282 e. The summed E-state index contributed by atoms with van der Waals surface area (Å²) in [5.41, 5.74) is 4.37. The van der Waals surface area contributed by atoms with E-state index in [1.54, 1.807) is 12.1 Å². The molecule has 2 aliphatic rings. The molecule has 0 bridgehead atoms. The zero-order chi connectivity index (χ0) is 19.1. The highest BCUT2D eigenvalue weighted by Gasteiger charge is 2.43. The highest BCUT2D eigenvalue weighted by atomic mass is 35.5. The molecule has 5 heteroatoms. The van der Waals surface area contributed by atoms with Gasteiger partial charge >= 0.3 is 0 Å². The Morgan fingerprint density at radius 2 is 1.56 bits per heavy atom. The van der Waals surface area contributed by atoms with Gasteiger partial charge in [-0.15, -0.1) is 0 Å². The summed E-state index contributed by atoms with van der Waals surface area (Å²) >= 11 is 6.02. The largest absolute Gasteiger partial charge is 0.366 e. The second-order valence-electron chi connectivity index (χ2n) is 7.16. The third kappa shape index (κ3) is 3.04. The van der Waals surface area contributed by atoms with Gasteiger partial charge in [-0.05, 0) is 56.0 Å². The number of halogens is 1. The molecule has 0 N–H and O–H groups in total. The Kier molecular flexibility index (Phi) is 4.52. The predicted molar refractivity (Wildman–Crippen MR) is 108 cm³/mol. The van der Waals surface area contributed by atoms with Crippen molar-refractivity contribution in [3.8, 4) is 0 Å². The first-order chi connectivity index (χ1) is 13.0. The van der Waals surface area contributed by atoms with Crippen LogP contribution in [0.5, 0.6) is 0 Å². The Balaban J connectivity index is 1.85. The number of hydrogen-bond acceptors (Lipinski definition) is 3. The molecule has 0 radical (unpaired) electrons. The Hall–Kier alpha value is -2.59. The number of anilines is 1. The van der Waals surface area contributed by atoms with E-state index >= 15 is 0 Å². The maximum Gasteiger partial charge on any atom is 0.282 e. The third-order valence-electron chi connectivity index (χ3n) is 5.21. The van der Waals surface area contributed by atoms with E-state index in [-0.39, 0.29) is 11.8 Å². The second-order valence-corrected chi connectivity index (χ2v) is 7.60. The van der Waals surface area contributed by atoms with Crippen LogP contribution in [0.25, 0.3) is 5.57 Å². The lowest BCUT2D eigenvalue weighted by molar-refractivity contribution is -0.120. The minimum Gasteiger partial charge on any atom is -0.366 e. The maximum atomic E-state index is 13.4. The molecular weight excluding hydrogens is 360 g/mol. The fraction of sp³-hybridized carbons (Fsp3) is 0.273. The molecule has 2 aromatic rings. The van der Waals surface area contributed by atoms with Crippen molar-refractivity contribution in [2.45, 2.75) is 26.7 Å². The quantitative estimate of drug-likeness (QED) is 0.744. The summed E-state index contributed by atoms with van der Waals surface area (Å²) in [6.45, 7) is 5.52. The number of benzene rings is 2. The van der Waals surface area contributed by atoms with Crippen molar-refractivity contribution in [3.05, 3.63) is 69.9 Å². The fourth-order valence-electron chi connectivity index (χ4n) is 3.90. The van der Waals surface area contributed by atoms with Gasteiger partial charge < -0.3 is 4.90 Å². The number of rotatable bonds is 3. The van der Waals surface area contributed by atoms with E-state index in [9.17, 15) is 9.59 Å². The van der Waals surface area contributed by atoms with Crippen LogP contribution >= 0.6 is 11.6 Å². The summed E-state index contributed by atoms with van der Waals surface area (Å²) in [5, 5.41) is 0.602. The SMILES string of the molecule is Cc1ccc(N2C(=O)C(c3ccc(Cl)cc3)=C(N3CCCC3)C2=O)c(C)c1. The normalized spacial score (nSPS) is 17.4. The van der Waals surface area contributed by atoms with Crippen LogP contribution in [0, 0.1) is 13.8 Å². The van der Waals surface area contributed by atoms with Crippen molar-refractivity contribution in [1.29, 1.82) is 0 Å². The van der Waals surface area contributed by atoms with Crippen LogP contribution in [0.1, 0.15) is 29.5 Å². The van der Waals surface area contributed by atoms with Crippen LogP contribution < -0.4 is 4.90 Å². The van der Waals surface area contributed by atoms with Gasteiger partial charge in [0.1, 0.15) is 5.70 Å². The molecule has 1 saturated heterocycles. The molecule has 0 unspecified atom stereocenters. The topological polar surface area (TPSA) is 40.6 Å². The molecule has 27 heavy (non-hydrogen) atoms. The summed E-state index contributed by atoms with van der Waals surface area (Å²) in [6, 6.07) is 12.9. The number of aryl methyl sites for hydroxylation is 2. The number of nitrogens with zero attached hydrogens (tertiary/aromatic N) is 2. The first-order valence-corrected chi connectivity index (χ1v) is 9.56. The summed E-state index contributed by atoms with van der Waals surface area (Å²) in [7, 11) is 0. The molecule has 2 aliphatic heterocycles. The summed E-state index contributed by atoms with van der Waals surface area (Å²) in [4.78, 5) is 30.1. The highest BCUT2D eigenvalue weighted by molar-refractivity contribution is 6.45. The lowest BCUT2D eigenvalue weighted by atomic mass is 10.0. The van der Waals surface area contributed by atoms with Crippen LogP contribution in [0.3, 0.4) is 0 Å². The summed E-state index contributed by atoms with van der Waals surface area (Å²) < 4.78 is 0. The molecule has 138 valence electrons. The monoisotopic (exact) mass is 380 g/mol. The lowest BCUT2D eigenvalue weighted by Crippen LogP contribution is -2.35. The molecule has 0 aliphatic carbocycles. The van der Waals surface area contributed by atoms with E-state index in [0.717, 1.165) is 42.6 Å². The number of carbonyl (C=O) groups excluding carboxylic acids is 2. The Morgan fingerprint density at radius 1 is 0.889 bits per heavy atom. The molecule has 2 heterocycles. The molecule has 2 amide bonds.